The summed E-state index contributed by atoms with van der Waals surface area (Å²) < 4.78 is 18.2. The normalized spacial score (nSPS) is 21.4. The second-order valence-electron chi connectivity index (χ2n) is 3.73. The predicted octanol–water partition coefficient (Wildman–Crippen LogP) is 2.04. The van der Waals surface area contributed by atoms with E-state index >= 15 is 0 Å². The number of halogens is 1. The lowest BCUT2D eigenvalue weighted by molar-refractivity contribution is 0.0693. The van der Waals surface area contributed by atoms with Crippen molar-refractivity contribution in [1.29, 1.82) is 0 Å². The summed E-state index contributed by atoms with van der Waals surface area (Å²) in [5.41, 5.74) is 0.0958. The van der Waals surface area contributed by atoms with Gasteiger partial charge in [-0.25, -0.2) is 4.79 Å². The van der Waals surface area contributed by atoms with E-state index in [1.807, 2.05) is 0 Å². The van der Waals surface area contributed by atoms with E-state index in [0.29, 0.717) is 24.5 Å². The molecule has 0 aliphatic carbocycles. The van der Waals surface area contributed by atoms with Crippen LogP contribution < -0.4 is 0 Å². The Hall–Kier alpha value is -0.720. The molecule has 1 N–H and O–H groups in total. The van der Waals surface area contributed by atoms with Gasteiger partial charge in [0, 0.05) is 11.1 Å². The van der Waals surface area contributed by atoms with Crippen LogP contribution in [0.3, 0.4) is 0 Å². The molecule has 0 saturated carbocycles. The Labute approximate surface area is 110 Å². The molecule has 0 amide bonds. The van der Waals surface area contributed by atoms with Gasteiger partial charge in [0.2, 0.25) is 0 Å². The van der Waals surface area contributed by atoms with Crippen LogP contribution in [0.1, 0.15) is 16.8 Å². The molecule has 1 aromatic rings. The molecule has 4 nitrogen and oxygen atoms in total. The van der Waals surface area contributed by atoms with Gasteiger partial charge in [-0.15, -0.1) is 0 Å². The molecule has 92 valence electrons. The molecule has 2 unspecified atom stereocenters. The fourth-order valence-electron chi connectivity index (χ4n) is 1.70. The van der Waals surface area contributed by atoms with Gasteiger partial charge in [0.15, 0.2) is 0 Å². The van der Waals surface area contributed by atoms with Gasteiger partial charge in [-0.05, 0) is 24.6 Å². The largest absolute Gasteiger partial charge is 0.478 e. The van der Waals surface area contributed by atoms with Gasteiger partial charge in [0.1, 0.15) is 0 Å². The minimum atomic E-state index is -1.34. The molecule has 0 spiro atoms. The van der Waals surface area contributed by atoms with Crippen molar-refractivity contribution in [3.05, 3.63) is 28.2 Å². The first-order valence-corrected chi connectivity index (χ1v) is 7.11. The standard InChI is InChI=1S/C11H11BrO4S/c12-7-1-2-9(11(13)14)10(5-7)17(15)8-3-4-16-6-8/h1-2,5,8H,3-4,6H2,(H,13,14). The van der Waals surface area contributed by atoms with E-state index in [1.54, 1.807) is 12.1 Å². The van der Waals surface area contributed by atoms with Crippen molar-refractivity contribution in [3.63, 3.8) is 0 Å². The van der Waals surface area contributed by atoms with Gasteiger partial charge in [-0.2, -0.15) is 0 Å². The predicted molar refractivity (Wildman–Crippen MR) is 66.7 cm³/mol. The van der Waals surface area contributed by atoms with Crippen LogP contribution in [0.25, 0.3) is 0 Å². The maximum atomic E-state index is 12.3. The first kappa shape index (κ1) is 12.7. The topological polar surface area (TPSA) is 63.6 Å². The lowest BCUT2D eigenvalue weighted by atomic mass is 10.2. The highest BCUT2D eigenvalue weighted by molar-refractivity contribution is 9.10. The fraction of sp³-hybridized carbons (Fsp3) is 0.364. The average molecular weight is 319 g/mol. The summed E-state index contributed by atoms with van der Waals surface area (Å²) in [6, 6.07) is 4.71. The van der Waals surface area contributed by atoms with E-state index < -0.39 is 16.8 Å². The second-order valence-corrected chi connectivity index (χ2v) is 6.35. The molecule has 2 rings (SSSR count). The Morgan fingerprint density at radius 1 is 1.53 bits per heavy atom. The highest BCUT2D eigenvalue weighted by Crippen LogP contribution is 2.25. The Bertz CT molecular complexity index is 469. The van der Waals surface area contributed by atoms with E-state index in [2.05, 4.69) is 15.9 Å². The SMILES string of the molecule is O=C(O)c1ccc(Br)cc1S(=O)C1CCOC1. The van der Waals surface area contributed by atoms with Gasteiger partial charge in [-0.1, -0.05) is 15.9 Å². The minimum absolute atomic E-state index is 0.0958. The molecule has 1 aliphatic rings. The number of hydrogen-bond donors (Lipinski definition) is 1. The molecule has 1 aliphatic heterocycles. The molecule has 0 bridgehead atoms. The molecule has 6 heteroatoms. The summed E-state index contributed by atoms with van der Waals surface area (Å²) in [4.78, 5) is 11.4. The molecule has 2 atom stereocenters. The van der Waals surface area contributed by atoms with Gasteiger partial charge in [-0.3, -0.25) is 4.21 Å². The lowest BCUT2D eigenvalue weighted by Crippen LogP contribution is -2.17. The Morgan fingerprint density at radius 3 is 2.88 bits per heavy atom. The van der Waals surface area contributed by atoms with Crippen LogP contribution in [-0.4, -0.2) is 33.7 Å². The van der Waals surface area contributed by atoms with Crippen LogP contribution in [-0.2, 0) is 15.5 Å². The maximum absolute atomic E-state index is 12.3. The summed E-state index contributed by atoms with van der Waals surface area (Å²) in [6.45, 7) is 1.02. The first-order chi connectivity index (χ1) is 8.09. The smallest absolute Gasteiger partial charge is 0.336 e. The summed E-state index contributed by atoms with van der Waals surface area (Å²) >= 11 is 3.26. The number of ether oxygens (including phenoxy) is 1. The van der Waals surface area contributed by atoms with Crippen molar-refractivity contribution in [2.45, 2.75) is 16.6 Å². The van der Waals surface area contributed by atoms with Crippen LogP contribution in [0.5, 0.6) is 0 Å². The Balaban J connectivity index is 2.38. The third-order valence-corrected chi connectivity index (χ3v) is 4.82. The molecule has 1 aromatic carbocycles. The molecule has 0 radical (unpaired) electrons. The van der Waals surface area contributed by atoms with Gasteiger partial charge in [0.05, 0.1) is 33.1 Å². The fourth-order valence-corrected chi connectivity index (χ4v) is 3.72. The Morgan fingerprint density at radius 2 is 2.29 bits per heavy atom. The summed E-state index contributed by atoms with van der Waals surface area (Å²) in [5.74, 6) is -1.06. The lowest BCUT2D eigenvalue weighted by Gasteiger charge is -2.10. The molecule has 1 heterocycles. The quantitative estimate of drug-likeness (QED) is 0.926. The number of carboxylic acids is 1. The van der Waals surface area contributed by atoms with Crippen molar-refractivity contribution < 1.29 is 18.8 Å². The van der Waals surface area contributed by atoms with Crippen LogP contribution in [0.15, 0.2) is 27.6 Å². The monoisotopic (exact) mass is 318 g/mol. The molecular formula is C11H11BrO4S. The molecular weight excluding hydrogens is 308 g/mol. The third kappa shape index (κ3) is 2.75. The Kier molecular flexibility index (Phi) is 3.96. The molecule has 0 aromatic heterocycles. The number of carboxylic acid groups (broad SMARTS) is 1. The maximum Gasteiger partial charge on any atom is 0.336 e. The van der Waals surface area contributed by atoms with E-state index in [4.69, 9.17) is 9.84 Å². The summed E-state index contributed by atoms with van der Waals surface area (Å²) in [7, 11) is -1.34. The van der Waals surface area contributed by atoms with Crippen LogP contribution in [0, 0.1) is 0 Å². The number of carbonyl (C=O) groups is 1. The van der Waals surface area contributed by atoms with Crippen molar-refractivity contribution in [2.24, 2.45) is 0 Å². The number of aromatic carboxylic acids is 1. The van der Waals surface area contributed by atoms with Crippen molar-refractivity contribution >= 4 is 32.7 Å². The molecule has 1 saturated heterocycles. The zero-order chi connectivity index (χ0) is 12.4. The minimum Gasteiger partial charge on any atom is -0.478 e. The number of hydrogen-bond acceptors (Lipinski definition) is 3. The van der Waals surface area contributed by atoms with E-state index in [1.165, 1.54) is 6.07 Å². The van der Waals surface area contributed by atoms with Crippen molar-refractivity contribution in [3.8, 4) is 0 Å². The van der Waals surface area contributed by atoms with E-state index in [9.17, 15) is 9.00 Å². The van der Waals surface area contributed by atoms with Crippen LogP contribution in [0.2, 0.25) is 0 Å². The zero-order valence-electron chi connectivity index (χ0n) is 8.89. The van der Waals surface area contributed by atoms with Gasteiger partial charge in [0.25, 0.3) is 0 Å². The van der Waals surface area contributed by atoms with Crippen molar-refractivity contribution in [2.75, 3.05) is 13.2 Å². The van der Waals surface area contributed by atoms with E-state index in [0.717, 1.165) is 4.47 Å². The highest BCUT2D eigenvalue weighted by Gasteiger charge is 2.26. The average Bonchev–Trinajstić information content (AvgIpc) is 2.80. The summed E-state index contributed by atoms with van der Waals surface area (Å²) in [6.07, 6.45) is 0.707. The molecule has 1 fully saturated rings. The zero-order valence-corrected chi connectivity index (χ0v) is 11.3. The van der Waals surface area contributed by atoms with Gasteiger partial charge < -0.3 is 9.84 Å². The second kappa shape index (κ2) is 5.29. The highest BCUT2D eigenvalue weighted by atomic mass is 79.9. The third-order valence-electron chi connectivity index (χ3n) is 2.58. The van der Waals surface area contributed by atoms with Crippen molar-refractivity contribution in [1.82, 2.24) is 0 Å². The number of rotatable bonds is 3. The molecule has 17 heavy (non-hydrogen) atoms. The van der Waals surface area contributed by atoms with Gasteiger partial charge >= 0.3 is 5.97 Å². The number of benzene rings is 1. The summed E-state index contributed by atoms with van der Waals surface area (Å²) in [5, 5.41) is 8.96. The van der Waals surface area contributed by atoms with E-state index in [-0.39, 0.29) is 10.8 Å². The first-order valence-electron chi connectivity index (χ1n) is 5.11. The van der Waals surface area contributed by atoms with Crippen LogP contribution in [0.4, 0.5) is 0 Å². The van der Waals surface area contributed by atoms with Crippen LogP contribution >= 0.6 is 15.9 Å².